The van der Waals surface area contributed by atoms with Gasteiger partial charge in [-0.15, -0.1) is 0 Å². The first-order valence-electron chi connectivity index (χ1n) is 20.5. The molecule has 1 atom stereocenters. The molecule has 0 fully saturated rings. The summed E-state index contributed by atoms with van der Waals surface area (Å²) in [6.45, 7) is 12.6. The molecule has 0 saturated carbocycles. The van der Waals surface area contributed by atoms with Crippen LogP contribution in [0.3, 0.4) is 0 Å². The van der Waals surface area contributed by atoms with Gasteiger partial charge < -0.3 is 14.1 Å². The number of carbonyl (C=O) groups excluding carboxylic acids is 2. The number of ether oxygens (including phenoxy) is 1. The smallest absolute Gasteiger partial charge is 0.326 e. The van der Waals surface area contributed by atoms with Crippen molar-refractivity contribution in [3.05, 3.63) is 82.9 Å². The fourth-order valence-corrected chi connectivity index (χ4v) is 7.91. The fourth-order valence-electron chi connectivity index (χ4n) is 6.92. The van der Waals surface area contributed by atoms with Gasteiger partial charge in [0.15, 0.2) is 5.78 Å². The summed E-state index contributed by atoms with van der Waals surface area (Å²) in [7, 11) is -8.40. The molecule has 0 radical (unpaired) electrons. The minimum Gasteiger partial charge on any atom is -0.460 e. The van der Waals surface area contributed by atoms with Gasteiger partial charge in [0, 0.05) is 54.7 Å². The van der Waals surface area contributed by atoms with Gasteiger partial charge in [-0.3, -0.25) is 18.7 Å². The maximum absolute atomic E-state index is 13.6. The number of benzene rings is 2. The second kappa shape index (κ2) is 21.2. The Hall–Kier alpha value is -4.11. The molecule has 0 amide bonds. The molecule has 2 heterocycles. The molecule has 0 aromatic heterocycles. The summed E-state index contributed by atoms with van der Waals surface area (Å²) in [5.41, 5.74) is 2.50. The van der Waals surface area contributed by atoms with Crippen LogP contribution < -0.4 is 19.6 Å². The van der Waals surface area contributed by atoms with Gasteiger partial charge in [-0.2, -0.15) is 16.8 Å². The van der Waals surface area contributed by atoms with Crippen LogP contribution in [0.25, 0.3) is 17.4 Å². The van der Waals surface area contributed by atoms with Crippen LogP contribution in [-0.4, -0.2) is 75.4 Å². The minimum atomic E-state index is -4.20. The number of ketones is 1. The monoisotopic (exact) mass is 841 g/mol. The van der Waals surface area contributed by atoms with Crippen molar-refractivity contribution in [3.63, 3.8) is 0 Å². The van der Waals surface area contributed by atoms with E-state index in [1.807, 2.05) is 51.1 Å². The molecule has 318 valence electrons. The zero-order chi connectivity index (χ0) is 42.5. The van der Waals surface area contributed by atoms with Gasteiger partial charge in [-0.05, 0) is 42.7 Å². The van der Waals surface area contributed by atoms with E-state index < -0.39 is 43.6 Å². The summed E-state index contributed by atoms with van der Waals surface area (Å²) in [6, 6.07) is 12.9. The number of carbonyl (C=O) groups is 2. The molecule has 2 N–H and O–H groups in total. The van der Waals surface area contributed by atoms with Gasteiger partial charge >= 0.3 is 5.97 Å². The first-order chi connectivity index (χ1) is 27.4. The predicted molar refractivity (Wildman–Crippen MR) is 230 cm³/mol. The molecule has 0 spiro atoms. The summed E-state index contributed by atoms with van der Waals surface area (Å²) in [5, 5.41) is 0.635. The summed E-state index contributed by atoms with van der Waals surface area (Å²) >= 11 is 0. The Morgan fingerprint density at radius 1 is 0.759 bits per heavy atom. The number of allylic oxidation sites excluding steroid dienone is 2. The Balaban J connectivity index is 1.59. The van der Waals surface area contributed by atoms with Crippen molar-refractivity contribution < 1.29 is 44.7 Å². The third-order valence-corrected chi connectivity index (χ3v) is 11.8. The molecule has 14 heteroatoms. The molecule has 1 aromatic rings. The quantitative estimate of drug-likeness (QED) is 0.0191. The standard InChI is InChI=1S/C44H60N2O10S2/c1-6-8-10-14-24-45(25-15-11-9-7-2)35-21-23-37-40(32-35)56-43(48)38(42(37)47)19-13-12-18-33-30-41(44(3,4)5)55-39-31-34(20-22-36(33)39)46(26-16-28-57(49,50)51)27-17-29-58(52,53)54/h12-13,18-23,30-32,38H,6-11,14-17,24-29H2,1-5H3,(H-,49,50,51,52,53,54)/p+1/b18-12+,19-13+. The molecular weight excluding hydrogens is 781 g/mol. The van der Waals surface area contributed by atoms with Crippen molar-refractivity contribution >= 4 is 43.8 Å². The number of anilines is 1. The highest BCUT2D eigenvalue weighted by atomic mass is 32.2. The van der Waals surface area contributed by atoms with Crippen molar-refractivity contribution in [3.8, 4) is 17.1 Å². The molecule has 1 aliphatic carbocycles. The number of esters is 1. The first-order valence-corrected chi connectivity index (χ1v) is 23.7. The van der Waals surface area contributed by atoms with Crippen LogP contribution in [0.1, 0.15) is 121 Å². The molecule has 0 saturated heterocycles. The van der Waals surface area contributed by atoms with Crippen LogP contribution in [0.15, 0.2) is 65.1 Å². The Kier molecular flexibility index (Phi) is 17.1. The maximum atomic E-state index is 13.6. The van der Waals surface area contributed by atoms with Gasteiger partial charge in [0.2, 0.25) is 5.36 Å². The first kappa shape index (κ1) is 46.6. The van der Waals surface area contributed by atoms with Crippen molar-refractivity contribution in [1.82, 2.24) is 4.58 Å². The van der Waals surface area contributed by atoms with E-state index in [2.05, 4.69) is 18.7 Å². The number of Topliss-reactive ketones (excluding diaryl/α,β-unsaturated/α-hetero) is 1. The van der Waals surface area contributed by atoms with E-state index in [0.717, 1.165) is 68.4 Å². The summed E-state index contributed by atoms with van der Waals surface area (Å²) < 4.78 is 78.0. The van der Waals surface area contributed by atoms with Crippen LogP contribution in [0.2, 0.25) is 0 Å². The van der Waals surface area contributed by atoms with Crippen LogP contribution in [-0.2, 0) is 30.4 Å². The second-order valence-corrected chi connectivity index (χ2v) is 19.2. The lowest BCUT2D eigenvalue weighted by molar-refractivity contribution is -0.136. The molecule has 1 unspecified atom stereocenters. The predicted octanol–water partition coefficient (Wildman–Crippen LogP) is 7.96. The highest BCUT2D eigenvalue weighted by Gasteiger charge is 2.35. The lowest BCUT2D eigenvalue weighted by Gasteiger charge is -2.27. The average Bonchev–Trinajstić information content (AvgIpc) is 3.14. The Morgan fingerprint density at radius 3 is 1.93 bits per heavy atom. The molecule has 0 bridgehead atoms. The Morgan fingerprint density at radius 2 is 1.36 bits per heavy atom. The third kappa shape index (κ3) is 14.3. The molecule has 1 aromatic carbocycles. The topological polar surface area (TPSA) is 171 Å². The van der Waals surface area contributed by atoms with E-state index in [1.165, 1.54) is 12.8 Å². The normalized spacial score (nSPS) is 15.1. The zero-order valence-corrected chi connectivity index (χ0v) is 36.2. The maximum Gasteiger partial charge on any atom is 0.326 e. The highest BCUT2D eigenvalue weighted by Crippen LogP contribution is 2.35. The number of nitrogens with zero attached hydrogens (tertiary/aromatic N) is 2. The van der Waals surface area contributed by atoms with Gasteiger partial charge in [-0.1, -0.05) is 97.4 Å². The Bertz CT molecular complexity index is 2150. The molecule has 12 nitrogen and oxygen atoms in total. The summed E-state index contributed by atoms with van der Waals surface area (Å²) in [5.74, 6) is -1.48. The van der Waals surface area contributed by atoms with E-state index >= 15 is 0 Å². The van der Waals surface area contributed by atoms with Gasteiger partial charge in [0.25, 0.3) is 20.2 Å². The van der Waals surface area contributed by atoms with Crippen LogP contribution in [0, 0.1) is 5.92 Å². The van der Waals surface area contributed by atoms with Crippen LogP contribution in [0.5, 0.6) is 5.75 Å². The average molecular weight is 842 g/mol. The highest BCUT2D eigenvalue weighted by molar-refractivity contribution is 7.86. The van der Waals surface area contributed by atoms with Crippen molar-refractivity contribution in [2.45, 2.75) is 104 Å². The van der Waals surface area contributed by atoms with Crippen molar-refractivity contribution in [2.24, 2.45) is 5.92 Å². The van der Waals surface area contributed by atoms with Gasteiger partial charge in [0.05, 0.1) is 23.1 Å². The molecule has 4 rings (SSSR count). The van der Waals surface area contributed by atoms with Gasteiger partial charge in [0.1, 0.15) is 36.3 Å². The van der Waals surface area contributed by atoms with Crippen LogP contribution >= 0.6 is 0 Å². The number of hydrogen-bond donors (Lipinski definition) is 2. The van der Waals surface area contributed by atoms with Gasteiger partial charge in [-0.25, -0.2) is 4.58 Å². The van der Waals surface area contributed by atoms with Crippen molar-refractivity contribution in [2.75, 3.05) is 42.6 Å². The lowest BCUT2D eigenvalue weighted by atomic mass is 9.90. The third-order valence-electron chi connectivity index (χ3n) is 10.1. The Labute approximate surface area is 344 Å². The zero-order valence-electron chi connectivity index (χ0n) is 34.6. The van der Waals surface area contributed by atoms with E-state index in [-0.39, 0.29) is 37.1 Å². The molecule has 58 heavy (non-hydrogen) atoms. The number of rotatable bonds is 22. The SMILES string of the molecule is CCCCCCN(CCCCCC)c1ccc2c(c1)OC(=O)C(/C=C/C=C/c1cc(C(C)(C)C)oc3cc(=[N+](CCCS(=O)(=O)O)CCCS(=O)(=O)O)ccc1-3)C2=O. The fraction of sp³-hybridized carbons (Fsp3) is 0.523. The minimum absolute atomic E-state index is 0.0862. The lowest BCUT2D eigenvalue weighted by Crippen LogP contribution is -2.33. The van der Waals surface area contributed by atoms with Crippen LogP contribution in [0.4, 0.5) is 5.69 Å². The molecular formula is C44H61N2O10S2+. The number of fused-ring (bicyclic) bond motifs is 2. The number of hydrogen-bond acceptors (Lipinski definition) is 9. The molecule has 3 aliphatic rings. The second-order valence-electron chi connectivity index (χ2n) is 16.1. The largest absolute Gasteiger partial charge is 0.460 e. The van der Waals surface area contributed by atoms with E-state index in [1.54, 1.807) is 41.0 Å². The van der Waals surface area contributed by atoms with Crippen molar-refractivity contribution in [1.29, 1.82) is 0 Å². The van der Waals surface area contributed by atoms with E-state index in [0.29, 0.717) is 28.2 Å². The van der Waals surface area contributed by atoms with E-state index in [4.69, 9.17) is 9.15 Å². The summed E-state index contributed by atoms with van der Waals surface area (Å²) in [6.07, 6.45) is 16.2. The number of unbranched alkanes of at least 4 members (excludes halogenated alkanes) is 6. The summed E-state index contributed by atoms with van der Waals surface area (Å²) in [4.78, 5) is 29.2. The van der Waals surface area contributed by atoms with E-state index in [9.17, 15) is 35.5 Å². The molecule has 2 aliphatic heterocycles.